The Bertz CT molecular complexity index is 741. The molecule has 0 unspecified atom stereocenters. The van der Waals surface area contributed by atoms with E-state index in [9.17, 15) is 26.3 Å². The highest BCUT2D eigenvalue weighted by Gasteiger charge is 2.50. The van der Waals surface area contributed by atoms with Crippen molar-refractivity contribution in [3.8, 4) is 0 Å². The third-order valence-electron chi connectivity index (χ3n) is 3.31. The molecule has 0 atom stereocenters. The zero-order valence-corrected chi connectivity index (χ0v) is 13.8. The third-order valence-corrected chi connectivity index (χ3v) is 3.31. The molecule has 0 aromatic heterocycles. The molecule has 0 bridgehead atoms. The average Bonchev–Trinajstić information content (AvgIpc) is 2.52. The Kier molecular flexibility index (Phi) is 5.53. The van der Waals surface area contributed by atoms with Crippen LogP contribution in [0.15, 0.2) is 58.5 Å². The smallest absolute Gasteiger partial charge is 0.242 e. The molecule has 0 aliphatic carbocycles. The zero-order valence-electron chi connectivity index (χ0n) is 13.8. The third kappa shape index (κ3) is 5.18. The summed E-state index contributed by atoms with van der Waals surface area (Å²) < 4.78 is 79.9. The Hall–Kier alpha value is -2.64. The molecule has 0 amide bonds. The lowest BCUT2D eigenvalue weighted by Crippen LogP contribution is -2.40. The Morgan fingerprint density at radius 2 is 0.846 bits per heavy atom. The SMILES string of the molecule is Cc1ccc(N=C(C(=Nc2ccc(C)cc2)C(F)(F)F)C(F)(F)F)cc1. The fourth-order valence-electron chi connectivity index (χ4n) is 2.00. The summed E-state index contributed by atoms with van der Waals surface area (Å²) in [5, 5.41) is 0. The molecule has 0 fully saturated rings. The molecule has 0 saturated heterocycles. The van der Waals surface area contributed by atoms with Gasteiger partial charge in [-0.2, -0.15) is 26.3 Å². The first-order chi connectivity index (χ1) is 12.0. The van der Waals surface area contributed by atoms with Crippen molar-refractivity contribution < 1.29 is 26.3 Å². The summed E-state index contributed by atoms with van der Waals surface area (Å²) in [6.45, 7) is 3.39. The molecule has 0 N–H and O–H groups in total. The molecule has 2 aromatic carbocycles. The van der Waals surface area contributed by atoms with E-state index < -0.39 is 23.8 Å². The minimum atomic E-state index is -5.33. The Morgan fingerprint density at radius 1 is 0.577 bits per heavy atom. The molecule has 2 aromatic rings. The molecule has 0 aliphatic rings. The van der Waals surface area contributed by atoms with Gasteiger partial charge >= 0.3 is 12.4 Å². The molecule has 138 valence electrons. The highest BCUT2D eigenvalue weighted by Crippen LogP contribution is 2.31. The number of rotatable bonds is 3. The largest absolute Gasteiger partial charge is 0.435 e. The van der Waals surface area contributed by atoms with Gasteiger partial charge in [0.05, 0.1) is 11.4 Å². The molecule has 0 spiro atoms. The van der Waals surface area contributed by atoms with Crippen LogP contribution in [0, 0.1) is 13.8 Å². The van der Waals surface area contributed by atoms with Crippen LogP contribution in [0.1, 0.15) is 11.1 Å². The lowest BCUT2D eigenvalue weighted by atomic mass is 10.1. The van der Waals surface area contributed by atoms with Gasteiger partial charge in [-0.1, -0.05) is 35.4 Å². The molecular formula is C18H14F6N2. The summed E-state index contributed by atoms with van der Waals surface area (Å²) in [4.78, 5) is 6.38. The van der Waals surface area contributed by atoms with Crippen molar-refractivity contribution >= 4 is 22.8 Å². The fourth-order valence-corrected chi connectivity index (χ4v) is 2.00. The van der Waals surface area contributed by atoms with Crippen molar-refractivity contribution in [1.29, 1.82) is 0 Å². The van der Waals surface area contributed by atoms with Gasteiger partial charge in [-0.3, -0.25) is 0 Å². The first kappa shape index (κ1) is 19.7. The lowest BCUT2D eigenvalue weighted by Gasteiger charge is -2.16. The minimum Gasteiger partial charge on any atom is -0.242 e. The van der Waals surface area contributed by atoms with Crippen molar-refractivity contribution in [2.45, 2.75) is 26.2 Å². The van der Waals surface area contributed by atoms with Gasteiger partial charge in [-0.25, -0.2) is 9.98 Å². The van der Waals surface area contributed by atoms with Gasteiger partial charge in [-0.05, 0) is 38.1 Å². The molecule has 0 radical (unpaired) electrons. The lowest BCUT2D eigenvalue weighted by molar-refractivity contribution is -0.0709. The molecule has 8 heteroatoms. The summed E-state index contributed by atoms with van der Waals surface area (Å²) in [5.41, 5.74) is -3.19. The summed E-state index contributed by atoms with van der Waals surface area (Å²) in [6, 6.07) is 10.7. The van der Waals surface area contributed by atoms with Gasteiger partial charge < -0.3 is 0 Å². The van der Waals surface area contributed by atoms with E-state index >= 15 is 0 Å². The molecule has 26 heavy (non-hydrogen) atoms. The van der Waals surface area contributed by atoms with E-state index in [0.29, 0.717) is 0 Å². The van der Waals surface area contributed by atoms with Crippen molar-refractivity contribution in [3.05, 3.63) is 59.7 Å². The van der Waals surface area contributed by atoms with Crippen LogP contribution in [0.3, 0.4) is 0 Å². The highest BCUT2D eigenvalue weighted by atomic mass is 19.4. The van der Waals surface area contributed by atoms with Gasteiger partial charge in [0.1, 0.15) is 0 Å². The number of hydrogen-bond donors (Lipinski definition) is 0. The first-order valence-corrected chi connectivity index (χ1v) is 7.42. The molecular weight excluding hydrogens is 358 g/mol. The van der Waals surface area contributed by atoms with E-state index in [0.717, 1.165) is 11.1 Å². The van der Waals surface area contributed by atoms with Crippen LogP contribution in [0.25, 0.3) is 0 Å². The molecule has 0 saturated carbocycles. The standard InChI is InChI=1S/C18H14F6N2/c1-11-3-7-13(8-4-11)25-15(17(19,20)21)16(18(22,23)24)26-14-9-5-12(2)6-10-14/h3-10H,1-2H3. The number of nitrogens with zero attached hydrogens (tertiary/aromatic N) is 2. The van der Waals surface area contributed by atoms with Crippen LogP contribution >= 0.6 is 0 Å². The van der Waals surface area contributed by atoms with Crippen LogP contribution < -0.4 is 0 Å². The second-order valence-electron chi connectivity index (χ2n) is 5.59. The summed E-state index contributed by atoms with van der Waals surface area (Å²) in [7, 11) is 0. The fraction of sp³-hybridized carbons (Fsp3) is 0.222. The first-order valence-electron chi connectivity index (χ1n) is 7.42. The summed E-state index contributed by atoms with van der Waals surface area (Å²) in [5.74, 6) is 0. The Morgan fingerprint density at radius 3 is 1.08 bits per heavy atom. The second kappa shape index (κ2) is 7.31. The van der Waals surface area contributed by atoms with Crippen LogP contribution in [0.4, 0.5) is 37.7 Å². The predicted octanol–water partition coefficient (Wildman–Crippen LogP) is 6.27. The maximum atomic E-state index is 13.3. The van der Waals surface area contributed by atoms with Crippen LogP contribution in [0.5, 0.6) is 0 Å². The van der Waals surface area contributed by atoms with Gasteiger partial charge in [-0.15, -0.1) is 0 Å². The highest BCUT2D eigenvalue weighted by molar-refractivity contribution is 6.47. The van der Waals surface area contributed by atoms with Crippen molar-refractivity contribution in [3.63, 3.8) is 0 Å². The number of hydrogen-bond acceptors (Lipinski definition) is 2. The summed E-state index contributed by atoms with van der Waals surface area (Å²) >= 11 is 0. The van der Waals surface area contributed by atoms with Crippen molar-refractivity contribution in [2.24, 2.45) is 9.98 Å². The van der Waals surface area contributed by atoms with E-state index in [2.05, 4.69) is 9.98 Å². The van der Waals surface area contributed by atoms with Gasteiger partial charge in [0, 0.05) is 0 Å². The number of alkyl halides is 6. The summed E-state index contributed by atoms with van der Waals surface area (Å²) in [6.07, 6.45) is -10.7. The predicted molar refractivity (Wildman–Crippen MR) is 88.7 cm³/mol. The average molecular weight is 372 g/mol. The number of halogens is 6. The van der Waals surface area contributed by atoms with E-state index in [-0.39, 0.29) is 11.4 Å². The molecule has 2 nitrogen and oxygen atoms in total. The molecule has 0 heterocycles. The maximum Gasteiger partial charge on any atom is 0.435 e. The number of benzene rings is 2. The van der Waals surface area contributed by atoms with Gasteiger partial charge in [0.15, 0.2) is 11.4 Å². The number of aliphatic imine (C=N–C) groups is 2. The minimum absolute atomic E-state index is 0.246. The van der Waals surface area contributed by atoms with E-state index in [1.165, 1.54) is 48.5 Å². The van der Waals surface area contributed by atoms with Crippen molar-refractivity contribution in [1.82, 2.24) is 0 Å². The van der Waals surface area contributed by atoms with Crippen LogP contribution in [0.2, 0.25) is 0 Å². The zero-order chi connectivity index (χ0) is 19.5. The molecule has 2 rings (SSSR count). The van der Waals surface area contributed by atoms with Crippen molar-refractivity contribution in [2.75, 3.05) is 0 Å². The van der Waals surface area contributed by atoms with E-state index in [1.54, 1.807) is 13.8 Å². The Balaban J connectivity index is 2.63. The quantitative estimate of drug-likeness (QED) is 0.448. The van der Waals surface area contributed by atoms with Gasteiger partial charge in [0.25, 0.3) is 0 Å². The van der Waals surface area contributed by atoms with E-state index in [4.69, 9.17) is 0 Å². The number of aryl methyl sites for hydroxylation is 2. The van der Waals surface area contributed by atoms with Crippen LogP contribution in [-0.4, -0.2) is 23.8 Å². The van der Waals surface area contributed by atoms with Crippen LogP contribution in [-0.2, 0) is 0 Å². The monoisotopic (exact) mass is 372 g/mol. The molecule has 0 aliphatic heterocycles. The topological polar surface area (TPSA) is 24.7 Å². The Labute approximate surface area is 145 Å². The van der Waals surface area contributed by atoms with Gasteiger partial charge in [0.2, 0.25) is 0 Å². The van der Waals surface area contributed by atoms with E-state index in [1.807, 2.05) is 0 Å². The second-order valence-corrected chi connectivity index (χ2v) is 5.59. The normalized spacial score (nSPS) is 13.8. The maximum absolute atomic E-state index is 13.3.